The first-order valence-corrected chi connectivity index (χ1v) is 6.17. The van der Waals surface area contributed by atoms with E-state index in [1.165, 1.54) is 7.11 Å². The molecule has 0 aliphatic heterocycles. The van der Waals surface area contributed by atoms with Crippen LogP contribution in [-0.4, -0.2) is 31.4 Å². The summed E-state index contributed by atoms with van der Waals surface area (Å²) in [5.74, 6) is 5.37. The predicted molar refractivity (Wildman–Crippen MR) is 72.1 cm³/mol. The Morgan fingerprint density at radius 3 is 2.84 bits per heavy atom. The third-order valence-corrected chi connectivity index (χ3v) is 2.47. The smallest absolute Gasteiger partial charge is 0.339 e. The fourth-order valence-electron chi connectivity index (χ4n) is 1.47. The van der Waals surface area contributed by atoms with Crippen molar-refractivity contribution in [1.29, 1.82) is 0 Å². The zero-order valence-corrected chi connectivity index (χ0v) is 11.2. The zero-order valence-electron chi connectivity index (χ0n) is 11.2. The molecule has 0 bridgehead atoms. The first-order chi connectivity index (χ1) is 9.22. The standard InChI is InChI=1S/C15H18O4/c1-3-4-10-19-13-8-7-12(6-5-9-16)14(11-13)15(17)18-2/h7-8,11,16H,3-4,9-10H2,1-2H3. The number of aliphatic hydroxyl groups excluding tert-OH is 1. The van der Waals surface area contributed by atoms with Crippen molar-refractivity contribution in [2.45, 2.75) is 19.8 Å². The van der Waals surface area contributed by atoms with E-state index in [2.05, 4.69) is 18.8 Å². The van der Waals surface area contributed by atoms with E-state index in [1.807, 2.05) is 0 Å². The summed E-state index contributed by atoms with van der Waals surface area (Å²) in [4.78, 5) is 11.7. The van der Waals surface area contributed by atoms with E-state index < -0.39 is 5.97 Å². The van der Waals surface area contributed by atoms with Gasteiger partial charge in [0.05, 0.1) is 19.3 Å². The number of esters is 1. The van der Waals surface area contributed by atoms with Crippen LogP contribution < -0.4 is 4.74 Å². The topological polar surface area (TPSA) is 55.8 Å². The van der Waals surface area contributed by atoms with Crippen molar-refractivity contribution in [2.75, 3.05) is 20.3 Å². The lowest BCUT2D eigenvalue weighted by atomic mass is 10.1. The fourth-order valence-corrected chi connectivity index (χ4v) is 1.47. The summed E-state index contributed by atoms with van der Waals surface area (Å²) >= 11 is 0. The summed E-state index contributed by atoms with van der Waals surface area (Å²) in [5.41, 5.74) is 0.862. The van der Waals surface area contributed by atoms with Gasteiger partial charge in [0.15, 0.2) is 0 Å². The lowest BCUT2D eigenvalue weighted by Crippen LogP contribution is -2.05. The number of ether oxygens (including phenoxy) is 2. The quantitative estimate of drug-likeness (QED) is 0.501. The first-order valence-electron chi connectivity index (χ1n) is 6.17. The van der Waals surface area contributed by atoms with Crippen molar-refractivity contribution >= 4 is 5.97 Å². The Bertz CT molecular complexity index is 483. The second-order valence-corrected chi connectivity index (χ2v) is 3.86. The Morgan fingerprint density at radius 1 is 1.42 bits per heavy atom. The average molecular weight is 262 g/mol. The molecule has 0 aliphatic carbocycles. The van der Waals surface area contributed by atoms with Gasteiger partial charge in [-0.3, -0.25) is 0 Å². The highest BCUT2D eigenvalue weighted by molar-refractivity contribution is 5.92. The van der Waals surface area contributed by atoms with Gasteiger partial charge < -0.3 is 14.6 Å². The molecule has 0 saturated carbocycles. The Kier molecular flexibility index (Phi) is 6.48. The van der Waals surface area contributed by atoms with Crippen LogP contribution in [0.15, 0.2) is 18.2 Å². The molecule has 0 fully saturated rings. The molecule has 1 rings (SSSR count). The maximum atomic E-state index is 11.7. The summed E-state index contributed by atoms with van der Waals surface area (Å²) in [6, 6.07) is 5.06. The third kappa shape index (κ3) is 4.65. The number of methoxy groups -OCH3 is 1. The first kappa shape index (κ1) is 15.1. The number of hydrogen-bond acceptors (Lipinski definition) is 4. The molecule has 0 aliphatic rings. The van der Waals surface area contributed by atoms with Crippen LogP contribution in [0, 0.1) is 11.8 Å². The van der Waals surface area contributed by atoms with Crippen molar-refractivity contribution in [2.24, 2.45) is 0 Å². The van der Waals surface area contributed by atoms with E-state index in [-0.39, 0.29) is 6.61 Å². The number of carbonyl (C=O) groups is 1. The highest BCUT2D eigenvalue weighted by Crippen LogP contribution is 2.18. The fraction of sp³-hybridized carbons (Fsp3) is 0.400. The van der Waals surface area contributed by atoms with Gasteiger partial charge in [-0.25, -0.2) is 4.79 Å². The Morgan fingerprint density at radius 2 is 2.21 bits per heavy atom. The van der Waals surface area contributed by atoms with Crippen molar-refractivity contribution in [3.63, 3.8) is 0 Å². The molecule has 0 unspecified atom stereocenters. The molecule has 0 saturated heterocycles. The molecule has 102 valence electrons. The molecule has 1 aromatic carbocycles. The van der Waals surface area contributed by atoms with Crippen LogP contribution in [0.4, 0.5) is 0 Å². The molecular formula is C15H18O4. The van der Waals surface area contributed by atoms with Crippen LogP contribution in [0.2, 0.25) is 0 Å². The number of aliphatic hydroxyl groups is 1. The van der Waals surface area contributed by atoms with E-state index in [9.17, 15) is 4.79 Å². The van der Waals surface area contributed by atoms with Gasteiger partial charge in [0.25, 0.3) is 0 Å². The minimum atomic E-state index is -0.469. The minimum absolute atomic E-state index is 0.255. The Hall–Kier alpha value is -1.99. The average Bonchev–Trinajstić information content (AvgIpc) is 2.45. The summed E-state index contributed by atoms with van der Waals surface area (Å²) in [6.07, 6.45) is 2.00. The van der Waals surface area contributed by atoms with Crippen LogP contribution in [0.1, 0.15) is 35.7 Å². The Labute approximate surface area is 113 Å². The van der Waals surface area contributed by atoms with Gasteiger partial charge in [0.2, 0.25) is 0 Å². The van der Waals surface area contributed by atoms with Crippen molar-refractivity contribution in [3.05, 3.63) is 29.3 Å². The lowest BCUT2D eigenvalue weighted by Gasteiger charge is -2.08. The summed E-state index contributed by atoms with van der Waals surface area (Å²) in [5, 5.41) is 8.70. The lowest BCUT2D eigenvalue weighted by molar-refractivity contribution is 0.0600. The van der Waals surface area contributed by atoms with Crippen LogP contribution in [0.25, 0.3) is 0 Å². The van der Waals surface area contributed by atoms with E-state index >= 15 is 0 Å². The monoisotopic (exact) mass is 262 g/mol. The van der Waals surface area contributed by atoms with Gasteiger partial charge in [-0.05, 0) is 24.6 Å². The molecule has 0 spiro atoms. The molecule has 1 aromatic rings. The maximum absolute atomic E-state index is 11.7. The maximum Gasteiger partial charge on any atom is 0.339 e. The minimum Gasteiger partial charge on any atom is -0.494 e. The van der Waals surface area contributed by atoms with Crippen LogP contribution in [0.5, 0.6) is 5.75 Å². The highest BCUT2D eigenvalue weighted by atomic mass is 16.5. The van der Waals surface area contributed by atoms with Gasteiger partial charge in [0.1, 0.15) is 12.4 Å². The molecule has 0 amide bonds. The summed E-state index contributed by atoms with van der Waals surface area (Å²) < 4.78 is 10.2. The number of rotatable bonds is 5. The van der Waals surface area contributed by atoms with Gasteiger partial charge >= 0.3 is 5.97 Å². The third-order valence-electron chi connectivity index (χ3n) is 2.47. The number of hydrogen-bond donors (Lipinski definition) is 1. The van der Waals surface area contributed by atoms with Gasteiger partial charge in [-0.1, -0.05) is 25.2 Å². The largest absolute Gasteiger partial charge is 0.494 e. The van der Waals surface area contributed by atoms with E-state index in [0.29, 0.717) is 23.5 Å². The number of carbonyl (C=O) groups excluding carboxylic acids is 1. The van der Waals surface area contributed by atoms with Gasteiger partial charge in [-0.15, -0.1) is 0 Å². The van der Waals surface area contributed by atoms with Crippen LogP contribution >= 0.6 is 0 Å². The van der Waals surface area contributed by atoms with Gasteiger partial charge in [-0.2, -0.15) is 0 Å². The Balaban J connectivity index is 2.98. The van der Waals surface area contributed by atoms with Crippen molar-refractivity contribution in [3.8, 4) is 17.6 Å². The molecule has 4 nitrogen and oxygen atoms in total. The second-order valence-electron chi connectivity index (χ2n) is 3.86. The molecule has 4 heteroatoms. The van der Waals surface area contributed by atoms with E-state index in [0.717, 1.165) is 12.8 Å². The van der Waals surface area contributed by atoms with Crippen molar-refractivity contribution in [1.82, 2.24) is 0 Å². The second kappa shape index (κ2) is 8.17. The molecule has 0 heterocycles. The summed E-state index contributed by atoms with van der Waals surface area (Å²) in [6.45, 7) is 2.44. The molecule has 1 N–H and O–H groups in total. The molecule has 19 heavy (non-hydrogen) atoms. The van der Waals surface area contributed by atoms with E-state index in [1.54, 1.807) is 18.2 Å². The van der Waals surface area contributed by atoms with Crippen LogP contribution in [-0.2, 0) is 4.74 Å². The highest BCUT2D eigenvalue weighted by Gasteiger charge is 2.12. The normalized spacial score (nSPS) is 9.42. The molecule has 0 atom stereocenters. The van der Waals surface area contributed by atoms with Crippen molar-refractivity contribution < 1.29 is 19.4 Å². The zero-order chi connectivity index (χ0) is 14.1. The number of unbranched alkanes of at least 4 members (excludes halogenated alkanes) is 1. The van der Waals surface area contributed by atoms with E-state index in [4.69, 9.17) is 14.6 Å². The number of benzene rings is 1. The SMILES string of the molecule is CCCCOc1ccc(C#CCO)c(C(=O)OC)c1. The molecule has 0 aromatic heterocycles. The molecular weight excluding hydrogens is 244 g/mol. The molecule has 0 radical (unpaired) electrons. The summed E-state index contributed by atoms with van der Waals surface area (Å²) in [7, 11) is 1.32. The van der Waals surface area contributed by atoms with Gasteiger partial charge in [0, 0.05) is 5.56 Å². The van der Waals surface area contributed by atoms with Crippen LogP contribution in [0.3, 0.4) is 0 Å². The predicted octanol–water partition coefficient (Wildman–Crippen LogP) is 2.00.